The molecule has 0 N–H and O–H groups in total. The van der Waals surface area contributed by atoms with Gasteiger partial charge in [-0.3, -0.25) is 0 Å². The molecule has 1 aliphatic carbocycles. The summed E-state index contributed by atoms with van der Waals surface area (Å²) >= 11 is 0. The minimum absolute atomic E-state index is 0.0184. The topological polar surface area (TPSA) is 104 Å². The lowest BCUT2D eigenvalue weighted by atomic mass is 10.0. The maximum Gasteiger partial charge on any atom is 0.380 e. The van der Waals surface area contributed by atoms with Gasteiger partial charge < -0.3 is 13.6 Å². The van der Waals surface area contributed by atoms with E-state index in [2.05, 4.69) is 0 Å². The van der Waals surface area contributed by atoms with E-state index in [9.17, 15) is 18.0 Å². The highest BCUT2D eigenvalue weighted by Gasteiger charge is 2.38. The molecular formula is C24H24O7S. The van der Waals surface area contributed by atoms with Crippen molar-refractivity contribution in [3.05, 3.63) is 70.3 Å². The number of sulfone groups is 1. The zero-order chi connectivity index (χ0) is 23.3. The molecule has 0 fully saturated rings. The summed E-state index contributed by atoms with van der Waals surface area (Å²) in [5.41, 5.74) is -1.44. The second-order valence-corrected chi connectivity index (χ2v) is 11.5. The van der Waals surface area contributed by atoms with Crippen LogP contribution in [0.5, 0.6) is 0 Å². The van der Waals surface area contributed by atoms with Crippen LogP contribution in [-0.4, -0.2) is 24.7 Å². The van der Waals surface area contributed by atoms with Crippen molar-refractivity contribution in [2.45, 2.75) is 50.2 Å². The third-order valence-electron chi connectivity index (χ3n) is 5.46. The highest BCUT2D eigenvalue weighted by atomic mass is 32.2. The molecule has 0 saturated carbocycles. The molecule has 0 bridgehead atoms. The van der Waals surface area contributed by atoms with Crippen LogP contribution in [0.1, 0.15) is 50.0 Å². The Labute approximate surface area is 185 Å². The number of carbonyl (C=O) groups excluding carboxylic acids is 1. The Bertz CT molecular complexity index is 1450. The standard InChI is InChI=1S/C24H24O7S/c1-23(2,3)31-21(25)18-15(14-32(27,28)24(4)11-6-5-7-12-24)8-9-16-17-10-13-29-20(17)22(26)30-19(16)18/h5-11,13H,12,14H2,1-4H3. The summed E-state index contributed by atoms with van der Waals surface area (Å²) < 4.78 is 41.8. The van der Waals surface area contributed by atoms with Crippen molar-refractivity contribution in [2.24, 2.45) is 0 Å². The molecule has 2 heterocycles. The number of esters is 1. The van der Waals surface area contributed by atoms with Crippen molar-refractivity contribution in [1.82, 2.24) is 0 Å². The van der Waals surface area contributed by atoms with Gasteiger partial charge in [-0.2, -0.15) is 0 Å². The van der Waals surface area contributed by atoms with Gasteiger partial charge in [0.15, 0.2) is 15.4 Å². The Morgan fingerprint density at radius 1 is 1.12 bits per heavy atom. The molecule has 0 aliphatic heterocycles. The Hall–Kier alpha value is -3.13. The summed E-state index contributed by atoms with van der Waals surface area (Å²) in [6.45, 7) is 6.76. The van der Waals surface area contributed by atoms with Gasteiger partial charge in [0, 0.05) is 10.8 Å². The number of ether oxygens (including phenoxy) is 1. The lowest BCUT2D eigenvalue weighted by Crippen LogP contribution is -2.35. The summed E-state index contributed by atoms with van der Waals surface area (Å²) in [6.07, 6.45) is 8.62. The van der Waals surface area contributed by atoms with Gasteiger partial charge in [-0.15, -0.1) is 0 Å². The van der Waals surface area contributed by atoms with Gasteiger partial charge in [-0.1, -0.05) is 36.4 Å². The fraction of sp³-hybridized carbons (Fsp3) is 0.333. The molecule has 0 spiro atoms. The molecule has 7 nitrogen and oxygen atoms in total. The lowest BCUT2D eigenvalue weighted by Gasteiger charge is -2.27. The SMILES string of the molecule is CC(C)(C)OC(=O)c1c(CS(=O)(=O)C2(C)C=CC=CC2)ccc2c1oc(=O)c1occc12. The third-order valence-corrected chi connectivity index (χ3v) is 7.87. The first-order valence-corrected chi connectivity index (χ1v) is 11.8. The van der Waals surface area contributed by atoms with Crippen molar-refractivity contribution in [3.8, 4) is 0 Å². The molecule has 1 aliphatic rings. The average molecular weight is 457 g/mol. The second-order valence-electron chi connectivity index (χ2n) is 9.09. The van der Waals surface area contributed by atoms with E-state index in [0.717, 1.165) is 0 Å². The Morgan fingerprint density at radius 2 is 1.84 bits per heavy atom. The van der Waals surface area contributed by atoms with E-state index in [1.165, 1.54) is 6.26 Å². The summed E-state index contributed by atoms with van der Waals surface area (Å²) in [7, 11) is -3.73. The van der Waals surface area contributed by atoms with Crippen molar-refractivity contribution >= 4 is 37.7 Å². The molecule has 3 aromatic rings. The maximum absolute atomic E-state index is 13.4. The molecule has 8 heteroatoms. The smallest absolute Gasteiger partial charge is 0.380 e. The minimum atomic E-state index is -3.73. The van der Waals surface area contributed by atoms with Crippen LogP contribution in [0, 0.1) is 0 Å². The van der Waals surface area contributed by atoms with Crippen molar-refractivity contribution in [2.75, 3.05) is 0 Å². The molecule has 2 aromatic heterocycles. The van der Waals surface area contributed by atoms with Gasteiger partial charge in [0.25, 0.3) is 0 Å². The predicted molar refractivity (Wildman–Crippen MR) is 121 cm³/mol. The van der Waals surface area contributed by atoms with Gasteiger partial charge in [0.2, 0.25) is 5.58 Å². The molecule has 0 radical (unpaired) electrons. The number of allylic oxidation sites excluding steroid dienone is 3. The van der Waals surface area contributed by atoms with Crippen LogP contribution in [0.4, 0.5) is 0 Å². The second kappa shape index (κ2) is 7.48. The van der Waals surface area contributed by atoms with Gasteiger partial charge in [0.05, 0.1) is 16.8 Å². The first-order chi connectivity index (χ1) is 14.9. The van der Waals surface area contributed by atoms with Crippen LogP contribution in [-0.2, 0) is 20.3 Å². The molecule has 0 amide bonds. The Kier molecular flexibility index (Phi) is 5.16. The van der Waals surface area contributed by atoms with Crippen molar-refractivity contribution < 1.29 is 26.8 Å². The molecule has 0 saturated heterocycles. The van der Waals surface area contributed by atoms with E-state index in [4.69, 9.17) is 13.6 Å². The zero-order valence-electron chi connectivity index (χ0n) is 18.3. The van der Waals surface area contributed by atoms with E-state index in [1.54, 1.807) is 70.2 Å². The first kappa shape index (κ1) is 22.1. The monoisotopic (exact) mass is 456 g/mol. The molecule has 4 rings (SSSR count). The number of carbonyl (C=O) groups is 1. The zero-order valence-corrected chi connectivity index (χ0v) is 19.1. The van der Waals surface area contributed by atoms with E-state index >= 15 is 0 Å². The van der Waals surface area contributed by atoms with Gasteiger partial charge >= 0.3 is 11.6 Å². The van der Waals surface area contributed by atoms with Crippen molar-refractivity contribution in [1.29, 1.82) is 0 Å². The van der Waals surface area contributed by atoms with Crippen LogP contribution in [0.2, 0.25) is 0 Å². The van der Waals surface area contributed by atoms with Crippen LogP contribution < -0.4 is 5.63 Å². The molecular weight excluding hydrogens is 432 g/mol. The molecule has 32 heavy (non-hydrogen) atoms. The number of rotatable bonds is 4. The van der Waals surface area contributed by atoms with Gasteiger partial charge in [0.1, 0.15) is 11.2 Å². The number of furan rings is 1. The van der Waals surface area contributed by atoms with Crippen LogP contribution >= 0.6 is 0 Å². The van der Waals surface area contributed by atoms with Crippen molar-refractivity contribution in [3.63, 3.8) is 0 Å². The molecule has 168 valence electrons. The Morgan fingerprint density at radius 3 is 2.50 bits per heavy atom. The highest BCUT2D eigenvalue weighted by molar-refractivity contribution is 7.92. The summed E-state index contributed by atoms with van der Waals surface area (Å²) in [5, 5.41) is 0.935. The van der Waals surface area contributed by atoms with E-state index in [1.807, 2.05) is 0 Å². The first-order valence-electron chi connectivity index (χ1n) is 10.2. The van der Waals surface area contributed by atoms with Crippen LogP contribution in [0.3, 0.4) is 0 Å². The highest BCUT2D eigenvalue weighted by Crippen LogP contribution is 2.34. The fourth-order valence-electron chi connectivity index (χ4n) is 3.74. The minimum Gasteiger partial charge on any atom is -0.457 e. The largest absolute Gasteiger partial charge is 0.457 e. The molecule has 1 unspecified atom stereocenters. The number of hydrogen-bond acceptors (Lipinski definition) is 7. The predicted octanol–water partition coefficient (Wildman–Crippen LogP) is 4.68. The summed E-state index contributed by atoms with van der Waals surface area (Å²) in [4.78, 5) is 25.7. The van der Waals surface area contributed by atoms with Gasteiger partial charge in [-0.05, 0) is 45.7 Å². The Balaban J connectivity index is 1.94. The summed E-state index contributed by atoms with van der Waals surface area (Å²) in [6, 6.07) is 4.80. The van der Waals surface area contributed by atoms with E-state index in [0.29, 0.717) is 17.2 Å². The fourth-order valence-corrected chi connectivity index (χ4v) is 5.36. The third kappa shape index (κ3) is 3.79. The van der Waals surface area contributed by atoms with Crippen LogP contribution in [0.15, 0.2) is 62.4 Å². The lowest BCUT2D eigenvalue weighted by molar-refractivity contribution is 0.00697. The van der Waals surface area contributed by atoms with Gasteiger partial charge in [-0.25, -0.2) is 18.0 Å². The van der Waals surface area contributed by atoms with E-state index < -0.39 is 37.5 Å². The summed E-state index contributed by atoms with van der Waals surface area (Å²) in [5.74, 6) is -1.18. The van der Waals surface area contributed by atoms with E-state index in [-0.39, 0.29) is 22.3 Å². The quantitative estimate of drug-likeness (QED) is 0.414. The molecule has 1 atom stereocenters. The molecule has 1 aromatic carbocycles. The van der Waals surface area contributed by atoms with Crippen LogP contribution in [0.25, 0.3) is 21.9 Å². The average Bonchev–Trinajstić information content (AvgIpc) is 3.17. The normalized spacial score (nSPS) is 19.0. The number of fused-ring (bicyclic) bond motifs is 3. The number of hydrogen-bond donors (Lipinski definition) is 0. The number of benzene rings is 1. The maximum atomic E-state index is 13.4.